The fraction of sp³-hybridized carbons (Fsp3) is 0.0769. The lowest BCUT2D eigenvalue weighted by molar-refractivity contribution is -0.137. The number of alkyl halides is 3. The van der Waals surface area contributed by atoms with Gasteiger partial charge in [0.25, 0.3) is 0 Å². The molecule has 20 heavy (non-hydrogen) atoms. The minimum absolute atomic E-state index is 0.129. The number of carbonyl (C=O) groups is 1. The lowest BCUT2D eigenvalue weighted by atomic mass is 9.99. The van der Waals surface area contributed by atoms with Crippen LogP contribution in [-0.2, 0) is 6.18 Å². The molecule has 0 atom stereocenters. The number of aromatic carboxylic acids is 1. The van der Waals surface area contributed by atoms with Gasteiger partial charge in [0, 0.05) is 23.5 Å². The number of aromatic nitrogens is 1. The van der Waals surface area contributed by atoms with E-state index in [-0.39, 0.29) is 16.7 Å². The second-order valence-corrected chi connectivity index (χ2v) is 3.96. The van der Waals surface area contributed by atoms with Crippen molar-refractivity contribution in [3.05, 3.63) is 47.8 Å². The summed E-state index contributed by atoms with van der Waals surface area (Å²) < 4.78 is 38.6. The van der Waals surface area contributed by atoms with Gasteiger partial charge in [0.1, 0.15) is 5.75 Å². The maximum atomic E-state index is 12.9. The van der Waals surface area contributed by atoms with Crippen LogP contribution in [0.1, 0.15) is 15.9 Å². The highest BCUT2D eigenvalue weighted by Gasteiger charge is 2.34. The van der Waals surface area contributed by atoms with Crippen LogP contribution in [-0.4, -0.2) is 21.2 Å². The first-order chi connectivity index (χ1) is 9.30. The smallest absolute Gasteiger partial charge is 0.417 e. The van der Waals surface area contributed by atoms with Crippen LogP contribution in [0.25, 0.3) is 11.1 Å². The van der Waals surface area contributed by atoms with Crippen molar-refractivity contribution in [1.29, 1.82) is 0 Å². The zero-order valence-electron chi connectivity index (χ0n) is 9.85. The van der Waals surface area contributed by atoms with E-state index in [1.807, 2.05) is 0 Å². The number of hydrogen-bond acceptors (Lipinski definition) is 3. The summed E-state index contributed by atoms with van der Waals surface area (Å²) in [5.74, 6) is -1.84. The van der Waals surface area contributed by atoms with Crippen molar-refractivity contribution in [2.45, 2.75) is 6.18 Å². The van der Waals surface area contributed by atoms with Crippen molar-refractivity contribution in [2.24, 2.45) is 0 Å². The predicted octanol–water partition coefficient (Wildman–Crippen LogP) is 3.17. The van der Waals surface area contributed by atoms with Gasteiger partial charge in [-0.2, -0.15) is 13.2 Å². The molecule has 1 heterocycles. The Kier molecular flexibility index (Phi) is 3.35. The van der Waals surface area contributed by atoms with Crippen molar-refractivity contribution in [1.82, 2.24) is 4.98 Å². The van der Waals surface area contributed by atoms with Gasteiger partial charge in [-0.15, -0.1) is 0 Å². The van der Waals surface area contributed by atoms with E-state index >= 15 is 0 Å². The van der Waals surface area contributed by atoms with Crippen molar-refractivity contribution in [3.63, 3.8) is 0 Å². The Morgan fingerprint density at radius 3 is 2.40 bits per heavy atom. The molecule has 0 bridgehead atoms. The number of benzene rings is 1. The SMILES string of the molecule is O=C(O)c1ccc(-c2cnccc2C(F)(F)F)c(O)c1. The largest absolute Gasteiger partial charge is 0.507 e. The van der Waals surface area contributed by atoms with Gasteiger partial charge < -0.3 is 10.2 Å². The third kappa shape index (κ3) is 2.56. The second kappa shape index (κ2) is 4.84. The molecule has 2 aromatic rings. The molecule has 7 heteroatoms. The number of halogens is 3. The number of carboxylic acid groups (broad SMARTS) is 1. The maximum absolute atomic E-state index is 12.9. The van der Waals surface area contributed by atoms with Gasteiger partial charge in [-0.3, -0.25) is 4.98 Å². The van der Waals surface area contributed by atoms with Crippen LogP contribution >= 0.6 is 0 Å². The number of carboxylic acids is 1. The summed E-state index contributed by atoms with van der Waals surface area (Å²) >= 11 is 0. The predicted molar refractivity (Wildman–Crippen MR) is 63.3 cm³/mol. The molecule has 0 radical (unpaired) electrons. The molecule has 0 aliphatic heterocycles. The van der Waals surface area contributed by atoms with Crippen molar-refractivity contribution in [2.75, 3.05) is 0 Å². The fourth-order valence-corrected chi connectivity index (χ4v) is 1.75. The lowest BCUT2D eigenvalue weighted by Crippen LogP contribution is -2.07. The summed E-state index contributed by atoms with van der Waals surface area (Å²) in [7, 11) is 0. The first kappa shape index (κ1) is 13.9. The summed E-state index contributed by atoms with van der Waals surface area (Å²) in [6.45, 7) is 0. The summed E-state index contributed by atoms with van der Waals surface area (Å²) in [5, 5.41) is 18.5. The van der Waals surface area contributed by atoms with Gasteiger partial charge in [-0.05, 0) is 24.3 Å². The third-order valence-electron chi connectivity index (χ3n) is 2.66. The number of rotatable bonds is 2. The monoisotopic (exact) mass is 283 g/mol. The third-order valence-corrected chi connectivity index (χ3v) is 2.66. The van der Waals surface area contributed by atoms with E-state index in [0.29, 0.717) is 0 Å². The van der Waals surface area contributed by atoms with Crippen molar-refractivity contribution < 1.29 is 28.2 Å². The zero-order valence-corrected chi connectivity index (χ0v) is 9.85. The van der Waals surface area contributed by atoms with Gasteiger partial charge in [0.2, 0.25) is 0 Å². The second-order valence-electron chi connectivity index (χ2n) is 3.96. The molecule has 0 unspecified atom stereocenters. The van der Waals surface area contributed by atoms with Gasteiger partial charge in [-0.1, -0.05) is 0 Å². The molecule has 0 spiro atoms. The average Bonchev–Trinajstić information content (AvgIpc) is 2.37. The number of pyridine rings is 1. The van der Waals surface area contributed by atoms with Crippen LogP contribution in [0.2, 0.25) is 0 Å². The van der Waals surface area contributed by atoms with Crippen LogP contribution < -0.4 is 0 Å². The number of nitrogens with zero attached hydrogens (tertiary/aromatic N) is 1. The average molecular weight is 283 g/mol. The molecule has 0 fully saturated rings. The molecule has 0 saturated carbocycles. The van der Waals surface area contributed by atoms with Gasteiger partial charge in [0.15, 0.2) is 0 Å². The number of phenols is 1. The first-order valence-corrected chi connectivity index (χ1v) is 5.38. The standard InChI is InChI=1S/C13H8F3NO3/c14-13(15,16)10-3-4-17-6-9(10)8-2-1-7(12(19)20)5-11(8)18/h1-6,18H,(H,19,20). The summed E-state index contributed by atoms with van der Waals surface area (Å²) in [4.78, 5) is 14.3. The number of hydrogen-bond donors (Lipinski definition) is 2. The van der Waals surface area contributed by atoms with E-state index < -0.39 is 23.5 Å². The Bertz CT molecular complexity index is 668. The first-order valence-electron chi connectivity index (χ1n) is 5.38. The Morgan fingerprint density at radius 2 is 1.85 bits per heavy atom. The van der Waals surface area contributed by atoms with Crippen LogP contribution in [0.4, 0.5) is 13.2 Å². The molecule has 1 aromatic carbocycles. The van der Waals surface area contributed by atoms with Gasteiger partial charge in [-0.25, -0.2) is 4.79 Å². The van der Waals surface area contributed by atoms with Crippen LogP contribution in [0.3, 0.4) is 0 Å². The molecular formula is C13H8F3NO3. The van der Waals surface area contributed by atoms with Crippen molar-refractivity contribution >= 4 is 5.97 Å². The fourth-order valence-electron chi connectivity index (χ4n) is 1.75. The highest BCUT2D eigenvalue weighted by molar-refractivity contribution is 5.89. The Morgan fingerprint density at radius 1 is 1.15 bits per heavy atom. The molecule has 0 aliphatic carbocycles. The minimum atomic E-state index is -4.60. The molecular weight excluding hydrogens is 275 g/mol. The van der Waals surface area contributed by atoms with E-state index in [2.05, 4.69) is 4.98 Å². The summed E-state index contributed by atoms with van der Waals surface area (Å²) in [6.07, 6.45) is -2.64. The van der Waals surface area contributed by atoms with E-state index in [9.17, 15) is 23.1 Å². The summed E-state index contributed by atoms with van der Waals surface area (Å²) in [6, 6.07) is 3.92. The van der Waals surface area contributed by atoms with Crippen molar-refractivity contribution in [3.8, 4) is 16.9 Å². The molecule has 0 saturated heterocycles. The van der Waals surface area contributed by atoms with E-state index in [4.69, 9.17) is 5.11 Å². The lowest BCUT2D eigenvalue weighted by Gasteiger charge is -2.13. The Labute approximate surface area is 111 Å². The maximum Gasteiger partial charge on any atom is 0.417 e. The molecule has 104 valence electrons. The molecule has 0 amide bonds. The molecule has 2 rings (SSSR count). The Balaban J connectivity index is 2.61. The Hall–Kier alpha value is -2.57. The van der Waals surface area contributed by atoms with Gasteiger partial charge >= 0.3 is 12.1 Å². The highest BCUT2D eigenvalue weighted by Crippen LogP contribution is 2.39. The molecule has 0 aliphatic rings. The van der Waals surface area contributed by atoms with Crippen LogP contribution in [0.5, 0.6) is 5.75 Å². The topological polar surface area (TPSA) is 70.4 Å². The molecule has 1 aromatic heterocycles. The van der Waals surface area contributed by atoms with E-state index in [1.165, 1.54) is 0 Å². The zero-order chi connectivity index (χ0) is 14.9. The molecule has 4 nitrogen and oxygen atoms in total. The summed E-state index contributed by atoms with van der Waals surface area (Å²) in [5.41, 5.74) is -1.61. The minimum Gasteiger partial charge on any atom is -0.507 e. The number of aromatic hydroxyl groups is 1. The van der Waals surface area contributed by atoms with E-state index in [0.717, 1.165) is 36.7 Å². The van der Waals surface area contributed by atoms with Crippen LogP contribution in [0, 0.1) is 0 Å². The normalized spacial score (nSPS) is 11.3. The highest BCUT2D eigenvalue weighted by atomic mass is 19.4. The molecule has 2 N–H and O–H groups in total. The number of phenolic OH excluding ortho intramolecular Hbond substituents is 1. The van der Waals surface area contributed by atoms with Crippen LogP contribution in [0.15, 0.2) is 36.7 Å². The van der Waals surface area contributed by atoms with E-state index in [1.54, 1.807) is 0 Å². The van der Waals surface area contributed by atoms with Gasteiger partial charge in [0.05, 0.1) is 11.1 Å². The quantitative estimate of drug-likeness (QED) is 0.888.